The zero-order valence-corrected chi connectivity index (χ0v) is 9.95. The van der Waals surface area contributed by atoms with Crippen molar-refractivity contribution in [2.75, 3.05) is 0 Å². The highest BCUT2D eigenvalue weighted by Crippen LogP contribution is 2.50. The van der Waals surface area contributed by atoms with E-state index in [-0.39, 0.29) is 0 Å². The molecule has 0 aromatic heterocycles. The summed E-state index contributed by atoms with van der Waals surface area (Å²) in [5.41, 5.74) is -4.66. The molecule has 0 bridgehead atoms. The van der Waals surface area contributed by atoms with Gasteiger partial charge in [0.2, 0.25) is 0 Å². The standard InChI is InChI=1S/C10H16F6O/c1-5(2)6(3)7(4)8(17,9(11,12)13)10(14,15)16/h5-7,17H,1-4H3/t6-,7-/m1/s1. The molecule has 2 atom stereocenters. The zero-order chi connectivity index (χ0) is 14.2. The summed E-state index contributed by atoms with van der Waals surface area (Å²) < 4.78 is 75.0. The number of halogens is 6. The number of rotatable bonds is 3. The van der Waals surface area contributed by atoms with Crippen LogP contribution >= 0.6 is 0 Å². The lowest BCUT2D eigenvalue weighted by atomic mass is 9.74. The topological polar surface area (TPSA) is 20.2 Å². The first-order valence-electron chi connectivity index (χ1n) is 5.12. The quantitative estimate of drug-likeness (QED) is 0.771. The van der Waals surface area contributed by atoms with Gasteiger partial charge in [0, 0.05) is 5.92 Å². The van der Waals surface area contributed by atoms with Gasteiger partial charge in [0.25, 0.3) is 5.60 Å². The van der Waals surface area contributed by atoms with Crippen molar-refractivity contribution < 1.29 is 31.4 Å². The molecule has 0 aromatic rings. The Kier molecular flexibility index (Phi) is 4.54. The van der Waals surface area contributed by atoms with E-state index in [1.165, 1.54) is 20.8 Å². The lowest BCUT2D eigenvalue weighted by molar-refractivity contribution is -0.388. The minimum Gasteiger partial charge on any atom is -0.373 e. The maximum Gasteiger partial charge on any atom is 0.426 e. The van der Waals surface area contributed by atoms with Gasteiger partial charge in [0.15, 0.2) is 0 Å². The lowest BCUT2D eigenvalue weighted by Gasteiger charge is -2.40. The molecule has 0 rings (SSSR count). The summed E-state index contributed by atoms with van der Waals surface area (Å²) in [4.78, 5) is 0. The van der Waals surface area contributed by atoms with Gasteiger partial charge >= 0.3 is 12.4 Å². The van der Waals surface area contributed by atoms with Crippen molar-refractivity contribution in [3.05, 3.63) is 0 Å². The van der Waals surface area contributed by atoms with Crippen LogP contribution in [0.3, 0.4) is 0 Å². The van der Waals surface area contributed by atoms with Crippen LogP contribution in [0.1, 0.15) is 27.7 Å². The summed E-state index contributed by atoms with van der Waals surface area (Å²) in [5.74, 6) is -3.30. The van der Waals surface area contributed by atoms with Gasteiger partial charge in [-0.15, -0.1) is 0 Å². The summed E-state index contributed by atoms with van der Waals surface area (Å²) in [6.07, 6.45) is -11.5. The average Bonchev–Trinajstić information content (AvgIpc) is 2.10. The molecular formula is C10H16F6O. The third-order valence-corrected chi connectivity index (χ3v) is 3.36. The maximum absolute atomic E-state index is 12.5. The Bertz CT molecular complexity index is 241. The number of aliphatic hydroxyl groups is 1. The molecule has 0 heterocycles. The predicted octanol–water partition coefficient (Wildman–Crippen LogP) is 3.77. The Morgan fingerprint density at radius 1 is 0.765 bits per heavy atom. The summed E-state index contributed by atoms with van der Waals surface area (Å²) in [7, 11) is 0. The molecule has 1 nitrogen and oxygen atoms in total. The van der Waals surface area contributed by atoms with Crippen LogP contribution in [-0.4, -0.2) is 23.1 Å². The monoisotopic (exact) mass is 266 g/mol. The van der Waals surface area contributed by atoms with Gasteiger partial charge in [-0.1, -0.05) is 27.7 Å². The Morgan fingerprint density at radius 2 is 1.06 bits per heavy atom. The molecule has 0 aromatic carbocycles. The van der Waals surface area contributed by atoms with Gasteiger partial charge < -0.3 is 5.11 Å². The van der Waals surface area contributed by atoms with Crippen molar-refractivity contribution in [2.24, 2.45) is 17.8 Å². The first-order valence-corrected chi connectivity index (χ1v) is 5.12. The average molecular weight is 266 g/mol. The van der Waals surface area contributed by atoms with E-state index < -0.39 is 35.7 Å². The molecule has 0 unspecified atom stereocenters. The molecule has 0 radical (unpaired) electrons. The Labute approximate surface area is 95.8 Å². The van der Waals surface area contributed by atoms with Crippen LogP contribution in [0.2, 0.25) is 0 Å². The highest BCUT2D eigenvalue weighted by molar-refractivity contribution is 4.99. The van der Waals surface area contributed by atoms with Gasteiger partial charge in [0.05, 0.1) is 0 Å². The third kappa shape index (κ3) is 2.86. The van der Waals surface area contributed by atoms with Crippen molar-refractivity contribution in [2.45, 2.75) is 45.6 Å². The zero-order valence-electron chi connectivity index (χ0n) is 9.95. The van der Waals surface area contributed by atoms with Crippen molar-refractivity contribution in [3.8, 4) is 0 Å². The normalized spacial score (nSPS) is 18.4. The Morgan fingerprint density at radius 3 is 1.24 bits per heavy atom. The van der Waals surface area contributed by atoms with Crippen molar-refractivity contribution in [1.82, 2.24) is 0 Å². The van der Waals surface area contributed by atoms with E-state index >= 15 is 0 Å². The second-order valence-electron chi connectivity index (χ2n) is 4.65. The van der Waals surface area contributed by atoms with Crippen molar-refractivity contribution >= 4 is 0 Å². The van der Waals surface area contributed by atoms with E-state index in [1.54, 1.807) is 0 Å². The second-order valence-corrected chi connectivity index (χ2v) is 4.65. The van der Waals surface area contributed by atoms with Crippen LogP contribution in [0.15, 0.2) is 0 Å². The van der Waals surface area contributed by atoms with Crippen molar-refractivity contribution in [3.63, 3.8) is 0 Å². The molecule has 0 amide bonds. The fourth-order valence-corrected chi connectivity index (χ4v) is 1.63. The second kappa shape index (κ2) is 4.66. The van der Waals surface area contributed by atoms with Gasteiger partial charge in [0.1, 0.15) is 0 Å². The molecule has 0 spiro atoms. The molecule has 0 saturated heterocycles. The number of alkyl halides is 6. The van der Waals surface area contributed by atoms with Crippen LogP contribution in [0.4, 0.5) is 26.3 Å². The fourth-order valence-electron chi connectivity index (χ4n) is 1.63. The molecule has 0 fully saturated rings. The molecule has 0 aliphatic carbocycles. The summed E-state index contributed by atoms with van der Waals surface area (Å²) in [6, 6.07) is 0. The highest BCUT2D eigenvalue weighted by atomic mass is 19.4. The Hall–Kier alpha value is -0.460. The number of hydrogen-bond donors (Lipinski definition) is 1. The van der Waals surface area contributed by atoms with E-state index in [2.05, 4.69) is 0 Å². The van der Waals surface area contributed by atoms with E-state index in [1.807, 2.05) is 0 Å². The molecule has 104 valence electrons. The van der Waals surface area contributed by atoms with Crippen LogP contribution in [0, 0.1) is 17.8 Å². The molecule has 17 heavy (non-hydrogen) atoms. The first kappa shape index (κ1) is 16.5. The van der Waals surface area contributed by atoms with E-state index in [4.69, 9.17) is 5.11 Å². The van der Waals surface area contributed by atoms with Crippen LogP contribution in [0.5, 0.6) is 0 Å². The maximum atomic E-state index is 12.5. The van der Waals surface area contributed by atoms with Crippen LogP contribution in [0.25, 0.3) is 0 Å². The highest BCUT2D eigenvalue weighted by Gasteiger charge is 2.73. The molecular weight excluding hydrogens is 250 g/mol. The predicted molar refractivity (Wildman–Crippen MR) is 50.2 cm³/mol. The summed E-state index contributed by atoms with van der Waals surface area (Å²) in [6.45, 7) is 5.05. The minimum atomic E-state index is -5.74. The largest absolute Gasteiger partial charge is 0.426 e. The molecule has 0 aliphatic heterocycles. The first-order chi connectivity index (χ1) is 7.26. The van der Waals surface area contributed by atoms with Crippen LogP contribution < -0.4 is 0 Å². The van der Waals surface area contributed by atoms with Crippen LogP contribution in [-0.2, 0) is 0 Å². The summed E-state index contributed by atoms with van der Waals surface area (Å²) in [5, 5.41) is 9.12. The van der Waals surface area contributed by atoms with Crippen molar-refractivity contribution in [1.29, 1.82) is 0 Å². The lowest BCUT2D eigenvalue weighted by Crippen LogP contribution is -2.62. The van der Waals surface area contributed by atoms with E-state index in [0.717, 1.165) is 6.92 Å². The molecule has 0 aliphatic rings. The fraction of sp³-hybridized carbons (Fsp3) is 1.00. The van der Waals surface area contributed by atoms with Gasteiger partial charge in [-0.25, -0.2) is 0 Å². The SMILES string of the molecule is CC(C)[C@@H](C)[C@@H](C)C(O)(C(F)(F)F)C(F)(F)F. The minimum absolute atomic E-state index is 0.402. The van der Waals surface area contributed by atoms with E-state index in [0.29, 0.717) is 0 Å². The Balaban J connectivity index is 5.52. The third-order valence-electron chi connectivity index (χ3n) is 3.36. The summed E-state index contributed by atoms with van der Waals surface area (Å²) >= 11 is 0. The molecule has 0 saturated carbocycles. The van der Waals surface area contributed by atoms with Gasteiger partial charge in [-0.2, -0.15) is 26.3 Å². The molecule has 1 N–H and O–H groups in total. The van der Waals surface area contributed by atoms with Gasteiger partial charge in [-0.3, -0.25) is 0 Å². The number of hydrogen-bond acceptors (Lipinski definition) is 1. The molecule has 7 heteroatoms. The van der Waals surface area contributed by atoms with E-state index in [9.17, 15) is 26.3 Å². The van der Waals surface area contributed by atoms with Gasteiger partial charge in [-0.05, 0) is 11.8 Å². The smallest absolute Gasteiger partial charge is 0.373 e.